The van der Waals surface area contributed by atoms with E-state index in [0.29, 0.717) is 0 Å². The molecule has 68 valence electrons. The molecule has 0 aliphatic rings. The van der Waals surface area contributed by atoms with Crippen LogP contribution in [-0.2, 0) is 7.05 Å². The molecule has 0 fully saturated rings. The van der Waals surface area contributed by atoms with Crippen molar-refractivity contribution in [2.75, 3.05) is 6.61 Å². The number of hydrogen-bond donors (Lipinski definition) is 0. The van der Waals surface area contributed by atoms with Crippen molar-refractivity contribution in [3.8, 4) is 5.75 Å². The van der Waals surface area contributed by atoms with Crippen LogP contribution in [0.15, 0.2) is 12.4 Å². The molecular formula is C6H7F3N2O. The second kappa shape index (κ2) is 3.04. The Bertz CT molecular complexity index is 256. The average molecular weight is 180 g/mol. The molecule has 0 aromatic carbocycles. The smallest absolute Gasteiger partial charge is 0.422 e. The Morgan fingerprint density at radius 1 is 1.58 bits per heavy atom. The van der Waals surface area contributed by atoms with E-state index in [9.17, 15) is 13.2 Å². The largest absolute Gasteiger partial charge is 0.481 e. The van der Waals surface area contributed by atoms with Crippen LogP contribution in [0.1, 0.15) is 0 Å². The van der Waals surface area contributed by atoms with Crippen molar-refractivity contribution in [2.24, 2.45) is 7.05 Å². The van der Waals surface area contributed by atoms with Crippen LogP contribution in [0.3, 0.4) is 0 Å². The zero-order valence-electron chi connectivity index (χ0n) is 6.30. The molecule has 1 aromatic rings. The number of hydrogen-bond acceptors (Lipinski definition) is 2. The minimum atomic E-state index is -4.30. The fraction of sp³-hybridized carbons (Fsp3) is 0.500. The van der Waals surface area contributed by atoms with Gasteiger partial charge in [-0.2, -0.15) is 18.3 Å². The average Bonchev–Trinajstić information content (AvgIpc) is 2.30. The van der Waals surface area contributed by atoms with E-state index in [1.807, 2.05) is 0 Å². The Balaban J connectivity index is 2.44. The van der Waals surface area contributed by atoms with Gasteiger partial charge in [-0.1, -0.05) is 0 Å². The lowest BCUT2D eigenvalue weighted by atomic mass is 10.6. The monoisotopic (exact) mass is 180 g/mol. The lowest BCUT2D eigenvalue weighted by Crippen LogP contribution is -2.18. The number of aromatic nitrogens is 2. The molecule has 0 saturated carbocycles. The summed E-state index contributed by atoms with van der Waals surface area (Å²) >= 11 is 0. The third-order valence-corrected chi connectivity index (χ3v) is 1.08. The topological polar surface area (TPSA) is 27.1 Å². The molecule has 0 unspecified atom stereocenters. The third kappa shape index (κ3) is 2.81. The highest BCUT2D eigenvalue weighted by Gasteiger charge is 2.28. The molecule has 0 aliphatic heterocycles. The molecule has 0 bridgehead atoms. The molecule has 0 radical (unpaired) electrons. The fourth-order valence-corrected chi connectivity index (χ4v) is 0.638. The molecule has 0 N–H and O–H groups in total. The quantitative estimate of drug-likeness (QED) is 0.687. The second-order valence-electron chi connectivity index (χ2n) is 2.25. The number of nitrogens with zero attached hydrogens (tertiary/aromatic N) is 2. The van der Waals surface area contributed by atoms with E-state index in [2.05, 4.69) is 9.84 Å². The maximum absolute atomic E-state index is 11.6. The van der Waals surface area contributed by atoms with E-state index in [4.69, 9.17) is 0 Å². The number of rotatable bonds is 2. The van der Waals surface area contributed by atoms with E-state index < -0.39 is 12.8 Å². The van der Waals surface area contributed by atoms with Gasteiger partial charge in [0.1, 0.15) is 0 Å². The minimum Gasteiger partial charge on any atom is -0.481 e. The number of ether oxygens (including phenoxy) is 1. The maximum Gasteiger partial charge on any atom is 0.422 e. The summed E-state index contributed by atoms with van der Waals surface area (Å²) in [6, 6.07) is 0. The van der Waals surface area contributed by atoms with E-state index in [1.54, 1.807) is 7.05 Å². The van der Waals surface area contributed by atoms with Crippen LogP contribution in [-0.4, -0.2) is 22.6 Å². The Morgan fingerprint density at radius 2 is 2.25 bits per heavy atom. The number of alkyl halides is 3. The molecule has 1 heterocycles. The zero-order valence-corrected chi connectivity index (χ0v) is 6.30. The minimum absolute atomic E-state index is 0.120. The van der Waals surface area contributed by atoms with Gasteiger partial charge >= 0.3 is 6.18 Å². The third-order valence-electron chi connectivity index (χ3n) is 1.08. The highest BCUT2D eigenvalue weighted by atomic mass is 19.4. The Labute approximate surface area is 66.7 Å². The van der Waals surface area contributed by atoms with Gasteiger partial charge < -0.3 is 4.74 Å². The predicted octanol–water partition coefficient (Wildman–Crippen LogP) is 1.36. The van der Waals surface area contributed by atoms with Gasteiger partial charge in [0.25, 0.3) is 0 Å². The van der Waals surface area contributed by atoms with Crippen molar-refractivity contribution in [1.82, 2.24) is 9.78 Å². The van der Waals surface area contributed by atoms with Gasteiger partial charge in [0, 0.05) is 7.05 Å². The Hall–Kier alpha value is -1.20. The molecular weight excluding hydrogens is 173 g/mol. The highest BCUT2D eigenvalue weighted by Crippen LogP contribution is 2.17. The summed E-state index contributed by atoms with van der Waals surface area (Å²) in [6.07, 6.45) is -1.70. The van der Waals surface area contributed by atoms with Crippen LogP contribution in [0.5, 0.6) is 5.75 Å². The van der Waals surface area contributed by atoms with Crippen molar-refractivity contribution in [2.45, 2.75) is 6.18 Å². The molecule has 1 aromatic heterocycles. The normalized spacial score (nSPS) is 11.7. The molecule has 0 atom stereocenters. The van der Waals surface area contributed by atoms with Crippen molar-refractivity contribution < 1.29 is 17.9 Å². The van der Waals surface area contributed by atoms with E-state index in [-0.39, 0.29) is 5.75 Å². The van der Waals surface area contributed by atoms with Gasteiger partial charge in [-0.25, -0.2) is 0 Å². The van der Waals surface area contributed by atoms with Crippen LogP contribution in [0.4, 0.5) is 13.2 Å². The first kappa shape index (κ1) is 8.89. The first-order chi connectivity index (χ1) is 5.47. The lowest BCUT2D eigenvalue weighted by molar-refractivity contribution is -0.153. The summed E-state index contributed by atoms with van der Waals surface area (Å²) in [4.78, 5) is 0. The van der Waals surface area contributed by atoms with Gasteiger partial charge in [-0.05, 0) is 0 Å². The molecule has 6 heteroatoms. The van der Waals surface area contributed by atoms with E-state index in [1.165, 1.54) is 17.1 Å². The first-order valence-electron chi connectivity index (χ1n) is 3.15. The SMILES string of the molecule is Cn1cc(OCC(F)(F)F)cn1. The van der Waals surface area contributed by atoms with Crippen LogP contribution in [0, 0.1) is 0 Å². The van der Waals surface area contributed by atoms with Gasteiger partial charge in [-0.3, -0.25) is 4.68 Å². The summed E-state index contributed by atoms with van der Waals surface area (Å²) in [7, 11) is 1.60. The van der Waals surface area contributed by atoms with Crippen molar-refractivity contribution in [3.63, 3.8) is 0 Å². The van der Waals surface area contributed by atoms with Crippen molar-refractivity contribution in [3.05, 3.63) is 12.4 Å². The van der Waals surface area contributed by atoms with Crippen molar-refractivity contribution >= 4 is 0 Å². The van der Waals surface area contributed by atoms with Gasteiger partial charge in [0.15, 0.2) is 12.4 Å². The van der Waals surface area contributed by atoms with Gasteiger partial charge in [0.2, 0.25) is 0 Å². The van der Waals surface area contributed by atoms with Gasteiger partial charge in [0.05, 0.1) is 12.4 Å². The summed E-state index contributed by atoms with van der Waals surface area (Å²) < 4.78 is 40.5. The molecule has 0 saturated heterocycles. The molecule has 0 aliphatic carbocycles. The second-order valence-corrected chi connectivity index (χ2v) is 2.25. The summed E-state index contributed by atoms with van der Waals surface area (Å²) in [6.45, 7) is -1.28. The fourth-order valence-electron chi connectivity index (χ4n) is 0.638. The number of aryl methyl sites for hydroxylation is 1. The van der Waals surface area contributed by atoms with E-state index in [0.717, 1.165) is 0 Å². The van der Waals surface area contributed by atoms with Crippen LogP contribution in [0.2, 0.25) is 0 Å². The molecule has 0 amide bonds. The van der Waals surface area contributed by atoms with E-state index >= 15 is 0 Å². The molecule has 1 rings (SSSR count). The van der Waals surface area contributed by atoms with Crippen LogP contribution >= 0.6 is 0 Å². The summed E-state index contributed by atoms with van der Waals surface area (Å²) in [5.74, 6) is 0.120. The summed E-state index contributed by atoms with van der Waals surface area (Å²) in [5.41, 5.74) is 0. The Kier molecular flexibility index (Phi) is 2.25. The van der Waals surface area contributed by atoms with Crippen LogP contribution < -0.4 is 4.74 Å². The van der Waals surface area contributed by atoms with Crippen LogP contribution in [0.25, 0.3) is 0 Å². The predicted molar refractivity (Wildman–Crippen MR) is 34.8 cm³/mol. The molecule has 3 nitrogen and oxygen atoms in total. The number of halogens is 3. The Morgan fingerprint density at radius 3 is 2.67 bits per heavy atom. The highest BCUT2D eigenvalue weighted by molar-refractivity contribution is 5.11. The molecule has 12 heavy (non-hydrogen) atoms. The standard InChI is InChI=1S/C6H7F3N2O/c1-11-3-5(2-10-11)12-4-6(7,8)9/h2-3H,4H2,1H3. The molecule has 0 spiro atoms. The zero-order chi connectivity index (χ0) is 9.19. The lowest BCUT2D eigenvalue weighted by Gasteiger charge is -2.05. The summed E-state index contributed by atoms with van der Waals surface area (Å²) in [5, 5.41) is 3.64. The van der Waals surface area contributed by atoms with Gasteiger partial charge in [-0.15, -0.1) is 0 Å². The van der Waals surface area contributed by atoms with Crippen molar-refractivity contribution in [1.29, 1.82) is 0 Å². The maximum atomic E-state index is 11.6. The first-order valence-corrected chi connectivity index (χ1v) is 3.15.